The number of carbonyl (C=O) groups is 2. The van der Waals surface area contributed by atoms with Crippen molar-refractivity contribution >= 4 is 35.1 Å². The molecule has 7 heteroatoms. The first-order chi connectivity index (χ1) is 9.77. The molecule has 0 bridgehead atoms. The summed E-state index contributed by atoms with van der Waals surface area (Å²) in [5.41, 5.74) is -0.0448. The smallest absolute Gasteiger partial charge is 0.325 e. The minimum atomic E-state index is -0.746. The average Bonchev–Trinajstić information content (AvgIpc) is 2.39. The van der Waals surface area contributed by atoms with Crippen LogP contribution < -0.4 is 0 Å². The number of rotatable bonds is 5. The largest absolute Gasteiger partial charge is 0.465 e. The first kappa shape index (κ1) is 17.7. The molecule has 0 radical (unpaired) electrons. The Balaban J connectivity index is 3.07. The van der Waals surface area contributed by atoms with Gasteiger partial charge in [-0.25, -0.2) is 4.39 Å². The van der Waals surface area contributed by atoms with E-state index in [2.05, 4.69) is 0 Å². The lowest BCUT2D eigenvalue weighted by molar-refractivity contribution is -0.144. The molecule has 1 rings (SSSR count). The molecule has 0 unspecified atom stereocenters. The number of benzene rings is 1. The SMILES string of the molecule is CCOC(=O)CN(C(=O)c1cc(F)c(Cl)cc1Cl)C(C)C. The van der Waals surface area contributed by atoms with Gasteiger partial charge in [-0.15, -0.1) is 0 Å². The lowest BCUT2D eigenvalue weighted by atomic mass is 10.1. The highest BCUT2D eigenvalue weighted by atomic mass is 35.5. The van der Waals surface area contributed by atoms with Crippen LogP contribution >= 0.6 is 23.2 Å². The molecular weight excluding hydrogens is 320 g/mol. The highest BCUT2D eigenvalue weighted by molar-refractivity contribution is 6.36. The molecule has 0 atom stereocenters. The molecule has 0 aliphatic rings. The average molecular weight is 336 g/mol. The Morgan fingerprint density at radius 3 is 2.43 bits per heavy atom. The Labute approximate surface area is 132 Å². The van der Waals surface area contributed by atoms with Gasteiger partial charge >= 0.3 is 5.97 Å². The Morgan fingerprint density at radius 2 is 1.90 bits per heavy atom. The van der Waals surface area contributed by atoms with Gasteiger partial charge in [-0.2, -0.15) is 0 Å². The van der Waals surface area contributed by atoms with Crippen LogP contribution in [-0.4, -0.2) is 36.0 Å². The fourth-order valence-corrected chi connectivity index (χ4v) is 2.14. The van der Waals surface area contributed by atoms with Crippen LogP contribution in [0.15, 0.2) is 12.1 Å². The molecule has 21 heavy (non-hydrogen) atoms. The van der Waals surface area contributed by atoms with Crippen LogP contribution in [0.3, 0.4) is 0 Å². The maximum Gasteiger partial charge on any atom is 0.325 e. The number of amides is 1. The number of hydrogen-bond donors (Lipinski definition) is 0. The van der Waals surface area contributed by atoms with E-state index < -0.39 is 17.7 Å². The molecule has 4 nitrogen and oxygen atoms in total. The van der Waals surface area contributed by atoms with E-state index in [0.717, 1.165) is 12.1 Å². The van der Waals surface area contributed by atoms with E-state index in [-0.39, 0.29) is 34.8 Å². The number of halogens is 3. The lowest BCUT2D eigenvalue weighted by Gasteiger charge is -2.26. The number of hydrogen-bond acceptors (Lipinski definition) is 3. The predicted octanol–water partition coefficient (Wildman–Crippen LogP) is 3.55. The molecule has 0 N–H and O–H groups in total. The van der Waals surface area contributed by atoms with Gasteiger partial charge in [0.1, 0.15) is 12.4 Å². The summed E-state index contributed by atoms with van der Waals surface area (Å²) in [7, 11) is 0. The molecule has 0 aliphatic heterocycles. The zero-order valence-electron chi connectivity index (χ0n) is 12.0. The summed E-state index contributed by atoms with van der Waals surface area (Å²) in [6, 6.07) is 1.85. The van der Waals surface area contributed by atoms with Crippen molar-refractivity contribution in [3.63, 3.8) is 0 Å². The van der Waals surface area contributed by atoms with Crippen LogP contribution in [0.4, 0.5) is 4.39 Å². The molecule has 0 saturated carbocycles. The zero-order valence-corrected chi connectivity index (χ0v) is 13.5. The molecule has 0 fully saturated rings. The summed E-state index contributed by atoms with van der Waals surface area (Å²) < 4.78 is 18.3. The van der Waals surface area contributed by atoms with Crippen LogP contribution in [0.25, 0.3) is 0 Å². The maximum absolute atomic E-state index is 13.5. The molecule has 0 aromatic heterocycles. The first-order valence-corrected chi connectivity index (χ1v) is 7.14. The second-order valence-corrected chi connectivity index (χ2v) is 5.39. The first-order valence-electron chi connectivity index (χ1n) is 6.39. The molecular formula is C14H16Cl2FNO3. The number of esters is 1. The van der Waals surface area contributed by atoms with Gasteiger partial charge in [0.15, 0.2) is 0 Å². The van der Waals surface area contributed by atoms with E-state index in [0.29, 0.717) is 0 Å². The summed E-state index contributed by atoms with van der Waals surface area (Å²) in [5, 5.41) is -0.140. The monoisotopic (exact) mass is 335 g/mol. The van der Waals surface area contributed by atoms with E-state index in [1.807, 2.05) is 0 Å². The standard InChI is InChI=1S/C14H16Cl2FNO3/c1-4-21-13(19)7-18(8(2)3)14(20)9-5-12(17)11(16)6-10(9)15/h5-6,8H,4,7H2,1-3H3. The van der Waals surface area contributed by atoms with E-state index in [1.54, 1.807) is 20.8 Å². The normalized spacial score (nSPS) is 10.6. The molecule has 0 spiro atoms. The fraction of sp³-hybridized carbons (Fsp3) is 0.429. The topological polar surface area (TPSA) is 46.6 Å². The van der Waals surface area contributed by atoms with Crippen LogP contribution in [0.2, 0.25) is 10.0 Å². The minimum Gasteiger partial charge on any atom is -0.465 e. The molecule has 0 saturated heterocycles. The van der Waals surface area contributed by atoms with Gasteiger partial charge in [-0.05, 0) is 32.9 Å². The maximum atomic E-state index is 13.5. The summed E-state index contributed by atoms with van der Waals surface area (Å²) >= 11 is 11.5. The molecule has 0 aliphatic carbocycles. The fourth-order valence-electron chi connectivity index (χ4n) is 1.68. The molecule has 1 aromatic rings. The van der Waals surface area contributed by atoms with Crippen molar-refractivity contribution in [2.24, 2.45) is 0 Å². The number of ether oxygens (including phenoxy) is 1. The van der Waals surface area contributed by atoms with Crippen LogP contribution in [0, 0.1) is 5.82 Å². The minimum absolute atomic E-state index is 0.0286. The van der Waals surface area contributed by atoms with Crippen molar-refractivity contribution in [1.29, 1.82) is 0 Å². The van der Waals surface area contributed by atoms with Gasteiger partial charge in [0.25, 0.3) is 5.91 Å². The van der Waals surface area contributed by atoms with Crippen LogP contribution in [0.1, 0.15) is 31.1 Å². The second kappa shape index (κ2) is 7.61. The van der Waals surface area contributed by atoms with Crippen molar-refractivity contribution < 1.29 is 18.7 Å². The predicted molar refractivity (Wildman–Crippen MR) is 79.2 cm³/mol. The lowest BCUT2D eigenvalue weighted by Crippen LogP contribution is -2.41. The summed E-state index contributed by atoms with van der Waals surface area (Å²) in [5.74, 6) is -1.84. The molecule has 1 aromatic carbocycles. The third-order valence-corrected chi connectivity index (χ3v) is 3.33. The van der Waals surface area contributed by atoms with Crippen LogP contribution in [-0.2, 0) is 9.53 Å². The molecule has 1 amide bonds. The van der Waals surface area contributed by atoms with Gasteiger partial charge < -0.3 is 9.64 Å². The van der Waals surface area contributed by atoms with E-state index >= 15 is 0 Å². The number of carbonyl (C=O) groups excluding carboxylic acids is 2. The third kappa shape index (κ3) is 4.58. The highest BCUT2D eigenvalue weighted by Gasteiger charge is 2.25. The van der Waals surface area contributed by atoms with Crippen molar-refractivity contribution in [2.45, 2.75) is 26.8 Å². The summed E-state index contributed by atoms with van der Waals surface area (Å²) in [4.78, 5) is 25.2. The quantitative estimate of drug-likeness (QED) is 0.610. The van der Waals surface area contributed by atoms with E-state index in [1.165, 1.54) is 4.90 Å². The van der Waals surface area contributed by atoms with Crippen molar-refractivity contribution in [3.8, 4) is 0 Å². The van der Waals surface area contributed by atoms with Gasteiger partial charge in [-0.3, -0.25) is 9.59 Å². The second-order valence-electron chi connectivity index (χ2n) is 4.58. The Bertz CT molecular complexity index is 549. The van der Waals surface area contributed by atoms with Crippen molar-refractivity contribution in [2.75, 3.05) is 13.2 Å². The summed E-state index contributed by atoms with van der Waals surface area (Å²) in [6.07, 6.45) is 0. The molecule has 116 valence electrons. The Kier molecular flexibility index (Phi) is 6.42. The van der Waals surface area contributed by atoms with E-state index in [4.69, 9.17) is 27.9 Å². The third-order valence-electron chi connectivity index (χ3n) is 2.73. The molecule has 0 heterocycles. The van der Waals surface area contributed by atoms with Crippen molar-refractivity contribution in [1.82, 2.24) is 4.90 Å². The highest BCUT2D eigenvalue weighted by Crippen LogP contribution is 2.25. The van der Waals surface area contributed by atoms with Gasteiger partial charge in [-0.1, -0.05) is 23.2 Å². The Hall–Kier alpha value is -1.33. The van der Waals surface area contributed by atoms with Crippen LogP contribution in [0.5, 0.6) is 0 Å². The van der Waals surface area contributed by atoms with Gasteiger partial charge in [0, 0.05) is 6.04 Å². The summed E-state index contributed by atoms with van der Waals surface area (Å²) in [6.45, 7) is 5.12. The Morgan fingerprint density at radius 1 is 1.29 bits per heavy atom. The van der Waals surface area contributed by atoms with Gasteiger partial charge in [0.2, 0.25) is 0 Å². The van der Waals surface area contributed by atoms with Gasteiger partial charge in [0.05, 0.1) is 22.2 Å². The number of nitrogens with zero attached hydrogens (tertiary/aromatic N) is 1. The van der Waals surface area contributed by atoms with E-state index in [9.17, 15) is 14.0 Å². The van der Waals surface area contributed by atoms with Crippen molar-refractivity contribution in [3.05, 3.63) is 33.6 Å². The zero-order chi connectivity index (χ0) is 16.2.